The lowest BCUT2D eigenvalue weighted by Gasteiger charge is -2.12. The summed E-state index contributed by atoms with van der Waals surface area (Å²) in [7, 11) is 0. The molecule has 0 bridgehead atoms. The van der Waals surface area contributed by atoms with Gasteiger partial charge in [-0.1, -0.05) is 31.5 Å². The number of unbranched alkanes of at least 4 members (excludes halogenated alkanes) is 1. The van der Waals surface area contributed by atoms with Gasteiger partial charge in [-0.3, -0.25) is 4.99 Å². The molecule has 6 nitrogen and oxygen atoms in total. The molecule has 1 aromatic heterocycles. The largest absolute Gasteiger partial charge is 0.482 e. The Hall–Kier alpha value is -2.63. The van der Waals surface area contributed by atoms with Crippen molar-refractivity contribution in [2.24, 2.45) is 4.99 Å². The van der Waals surface area contributed by atoms with Crippen LogP contribution in [0.25, 0.3) is 0 Å². The van der Waals surface area contributed by atoms with E-state index in [0.29, 0.717) is 18.2 Å². The van der Waals surface area contributed by atoms with Crippen molar-refractivity contribution in [1.82, 2.24) is 9.97 Å². The molecule has 1 heterocycles. The van der Waals surface area contributed by atoms with Crippen LogP contribution in [-0.4, -0.2) is 28.8 Å². The summed E-state index contributed by atoms with van der Waals surface area (Å²) < 4.78 is 5.82. The van der Waals surface area contributed by atoms with Crippen molar-refractivity contribution in [3.63, 3.8) is 0 Å². The number of ether oxygens (including phenoxy) is 1. The Labute approximate surface area is 143 Å². The molecule has 0 saturated carbocycles. The number of anilines is 2. The number of hydrogen-bond donors (Lipinski definition) is 2. The molecule has 2 aromatic rings. The second-order valence-corrected chi connectivity index (χ2v) is 5.64. The van der Waals surface area contributed by atoms with Crippen LogP contribution in [0.1, 0.15) is 32.3 Å². The maximum absolute atomic E-state index is 5.82. The van der Waals surface area contributed by atoms with E-state index in [1.54, 1.807) is 6.20 Å². The summed E-state index contributed by atoms with van der Waals surface area (Å²) >= 11 is 0. The number of aliphatic imine (C=N–C) groups is 1. The van der Waals surface area contributed by atoms with Crippen LogP contribution in [0.15, 0.2) is 35.5 Å². The first-order valence-corrected chi connectivity index (χ1v) is 8.19. The number of hydrogen-bond acceptors (Lipinski definition) is 6. The third kappa shape index (κ3) is 5.22. The lowest BCUT2D eigenvalue weighted by Crippen LogP contribution is -2.12. The van der Waals surface area contributed by atoms with Crippen LogP contribution in [-0.2, 0) is 0 Å². The van der Waals surface area contributed by atoms with Gasteiger partial charge in [-0.2, -0.15) is 4.98 Å². The summed E-state index contributed by atoms with van der Waals surface area (Å²) in [4.78, 5) is 12.8. The first-order chi connectivity index (χ1) is 11.6. The molecule has 0 aliphatic carbocycles. The zero-order valence-corrected chi connectivity index (χ0v) is 14.5. The highest BCUT2D eigenvalue weighted by atomic mass is 16.5. The first-order valence-electron chi connectivity index (χ1n) is 8.19. The SMILES string of the molecule is CCCCNc1nc(N)ncc1OC/C(C)=N/c1ccccc1C. The molecule has 0 radical (unpaired) electrons. The lowest BCUT2D eigenvalue weighted by molar-refractivity contribution is 0.374. The summed E-state index contributed by atoms with van der Waals surface area (Å²) in [5.74, 6) is 1.44. The summed E-state index contributed by atoms with van der Waals surface area (Å²) in [6.07, 6.45) is 3.75. The quantitative estimate of drug-likeness (QED) is 0.569. The van der Waals surface area contributed by atoms with Crippen LogP contribution in [0.4, 0.5) is 17.5 Å². The van der Waals surface area contributed by atoms with Gasteiger partial charge in [0.05, 0.1) is 17.6 Å². The van der Waals surface area contributed by atoms with E-state index >= 15 is 0 Å². The van der Waals surface area contributed by atoms with Crippen molar-refractivity contribution in [1.29, 1.82) is 0 Å². The van der Waals surface area contributed by atoms with E-state index in [-0.39, 0.29) is 5.95 Å². The van der Waals surface area contributed by atoms with Crippen molar-refractivity contribution >= 4 is 23.2 Å². The fraction of sp³-hybridized carbons (Fsp3) is 0.389. The monoisotopic (exact) mass is 327 g/mol. The molecule has 0 aliphatic rings. The third-order valence-corrected chi connectivity index (χ3v) is 3.46. The minimum absolute atomic E-state index is 0.228. The summed E-state index contributed by atoms with van der Waals surface area (Å²) in [6.45, 7) is 7.30. The first kappa shape index (κ1) is 17.7. The second kappa shape index (κ2) is 8.86. The average molecular weight is 327 g/mol. The minimum atomic E-state index is 0.228. The van der Waals surface area contributed by atoms with Gasteiger partial charge in [0.2, 0.25) is 5.95 Å². The second-order valence-electron chi connectivity index (χ2n) is 5.64. The van der Waals surface area contributed by atoms with Crippen LogP contribution in [0, 0.1) is 6.92 Å². The van der Waals surface area contributed by atoms with Crippen LogP contribution < -0.4 is 15.8 Å². The van der Waals surface area contributed by atoms with Gasteiger partial charge in [0.25, 0.3) is 0 Å². The summed E-state index contributed by atoms with van der Waals surface area (Å²) in [5.41, 5.74) is 8.63. The highest BCUT2D eigenvalue weighted by Crippen LogP contribution is 2.22. The van der Waals surface area contributed by atoms with E-state index in [2.05, 4.69) is 27.2 Å². The van der Waals surface area contributed by atoms with Gasteiger partial charge in [0.1, 0.15) is 6.61 Å². The summed E-state index contributed by atoms with van der Waals surface area (Å²) in [5, 5.41) is 3.24. The molecule has 3 N–H and O–H groups in total. The van der Waals surface area contributed by atoms with Crippen molar-refractivity contribution in [2.75, 3.05) is 24.2 Å². The van der Waals surface area contributed by atoms with Gasteiger partial charge in [0, 0.05) is 6.54 Å². The Bertz CT molecular complexity index is 700. The molecule has 0 spiro atoms. The molecule has 0 aliphatic heterocycles. The van der Waals surface area contributed by atoms with Gasteiger partial charge >= 0.3 is 0 Å². The van der Waals surface area contributed by atoms with Crippen molar-refractivity contribution in [3.05, 3.63) is 36.0 Å². The third-order valence-electron chi connectivity index (χ3n) is 3.46. The number of nitrogens with two attached hydrogens (primary N) is 1. The number of aromatic nitrogens is 2. The van der Waals surface area contributed by atoms with Crippen LogP contribution in [0.2, 0.25) is 0 Å². The Morgan fingerprint density at radius 3 is 2.88 bits per heavy atom. The van der Waals surface area contributed by atoms with Crippen molar-refractivity contribution < 1.29 is 4.74 Å². The average Bonchev–Trinajstić information content (AvgIpc) is 2.56. The predicted octanol–water partition coefficient (Wildman–Crippen LogP) is 3.75. The van der Waals surface area contributed by atoms with Gasteiger partial charge < -0.3 is 15.8 Å². The van der Waals surface area contributed by atoms with E-state index in [0.717, 1.165) is 36.3 Å². The van der Waals surface area contributed by atoms with Crippen LogP contribution >= 0.6 is 0 Å². The van der Waals surface area contributed by atoms with Crippen LogP contribution in [0.5, 0.6) is 5.75 Å². The van der Waals surface area contributed by atoms with E-state index in [4.69, 9.17) is 10.5 Å². The molecule has 6 heteroatoms. The number of benzene rings is 1. The van der Waals surface area contributed by atoms with E-state index in [1.165, 1.54) is 0 Å². The lowest BCUT2D eigenvalue weighted by atomic mass is 10.2. The van der Waals surface area contributed by atoms with E-state index in [9.17, 15) is 0 Å². The molecule has 0 amide bonds. The Balaban J connectivity index is 2.04. The Morgan fingerprint density at radius 1 is 1.33 bits per heavy atom. The number of aryl methyl sites for hydroxylation is 1. The van der Waals surface area contributed by atoms with Gasteiger partial charge in [-0.25, -0.2) is 4.98 Å². The molecule has 2 rings (SSSR count). The molecular formula is C18H25N5O. The standard InChI is InChI=1S/C18H25N5O/c1-4-5-10-20-17-16(11-21-18(19)23-17)24-12-14(3)22-15-9-7-6-8-13(15)2/h6-9,11H,4-5,10,12H2,1-3H3,(H3,19,20,21,23)/b22-14+. The van der Waals surface area contributed by atoms with Crippen molar-refractivity contribution in [3.8, 4) is 5.75 Å². The number of nitrogens with zero attached hydrogens (tertiary/aromatic N) is 3. The molecular weight excluding hydrogens is 302 g/mol. The molecule has 0 saturated heterocycles. The van der Waals surface area contributed by atoms with E-state index < -0.39 is 0 Å². The highest BCUT2D eigenvalue weighted by molar-refractivity contribution is 5.86. The smallest absolute Gasteiger partial charge is 0.222 e. The molecule has 0 atom stereocenters. The van der Waals surface area contributed by atoms with Gasteiger partial charge in [-0.15, -0.1) is 0 Å². The van der Waals surface area contributed by atoms with Crippen molar-refractivity contribution in [2.45, 2.75) is 33.6 Å². The molecule has 24 heavy (non-hydrogen) atoms. The maximum atomic E-state index is 5.82. The number of para-hydroxylation sites is 1. The topological polar surface area (TPSA) is 85.4 Å². The predicted molar refractivity (Wildman–Crippen MR) is 99.3 cm³/mol. The summed E-state index contributed by atoms with van der Waals surface area (Å²) in [6, 6.07) is 8.00. The molecule has 0 fully saturated rings. The maximum Gasteiger partial charge on any atom is 0.222 e. The van der Waals surface area contributed by atoms with Crippen LogP contribution in [0.3, 0.4) is 0 Å². The zero-order chi connectivity index (χ0) is 17.4. The minimum Gasteiger partial charge on any atom is -0.482 e. The zero-order valence-electron chi connectivity index (χ0n) is 14.5. The van der Waals surface area contributed by atoms with Gasteiger partial charge in [0.15, 0.2) is 11.6 Å². The Morgan fingerprint density at radius 2 is 2.12 bits per heavy atom. The van der Waals surface area contributed by atoms with Gasteiger partial charge in [-0.05, 0) is 31.9 Å². The number of nitrogens with one attached hydrogen (secondary N) is 1. The van der Waals surface area contributed by atoms with E-state index in [1.807, 2.05) is 38.1 Å². The fourth-order valence-electron chi connectivity index (χ4n) is 2.11. The molecule has 128 valence electrons. The molecule has 1 aromatic carbocycles. The molecule has 0 unspecified atom stereocenters. The Kier molecular flexibility index (Phi) is 6.54. The normalized spacial score (nSPS) is 11.4. The fourth-order valence-corrected chi connectivity index (χ4v) is 2.11. The highest BCUT2D eigenvalue weighted by Gasteiger charge is 2.08. The number of nitrogen functional groups attached to an aromatic ring is 1. The number of rotatable bonds is 8.